The number of aliphatic hydroxyl groups is 1. The van der Waals surface area contributed by atoms with Gasteiger partial charge in [-0.15, -0.1) is 0 Å². The summed E-state index contributed by atoms with van der Waals surface area (Å²) in [6.45, 7) is 6.23. The number of aliphatic hydroxyl groups excluding tert-OH is 1. The molecule has 2 aliphatic heterocycles. The van der Waals surface area contributed by atoms with Crippen molar-refractivity contribution in [1.29, 1.82) is 0 Å². The van der Waals surface area contributed by atoms with Crippen molar-refractivity contribution < 1.29 is 19.4 Å². The number of methoxy groups -OCH3 is 1. The molecule has 2 heterocycles. The Morgan fingerprint density at radius 2 is 1.93 bits per heavy atom. The highest BCUT2D eigenvalue weighted by molar-refractivity contribution is 5.89. The van der Waals surface area contributed by atoms with E-state index in [1.165, 1.54) is 0 Å². The van der Waals surface area contributed by atoms with Crippen LogP contribution in [0.15, 0.2) is 24.3 Å². The Morgan fingerprint density at radius 1 is 1.27 bits per heavy atom. The molecule has 0 bridgehead atoms. The average Bonchev–Trinajstić information content (AvgIpc) is 3.09. The molecule has 0 aromatic heterocycles. The van der Waals surface area contributed by atoms with Gasteiger partial charge in [-0.3, -0.25) is 9.59 Å². The zero-order chi connectivity index (χ0) is 21.7. The van der Waals surface area contributed by atoms with E-state index < -0.39 is 0 Å². The lowest BCUT2D eigenvalue weighted by Gasteiger charge is -2.34. The molecule has 0 saturated carbocycles. The van der Waals surface area contributed by atoms with E-state index in [1.54, 1.807) is 12.0 Å². The first kappa shape index (κ1) is 22.6. The highest BCUT2D eigenvalue weighted by atomic mass is 16.5. The van der Waals surface area contributed by atoms with Gasteiger partial charge in [-0.1, -0.05) is 12.1 Å². The third-order valence-corrected chi connectivity index (χ3v) is 6.23. The maximum Gasteiger partial charge on any atom is 0.227 e. The fourth-order valence-electron chi connectivity index (χ4n) is 4.56. The van der Waals surface area contributed by atoms with Crippen molar-refractivity contribution in [1.82, 2.24) is 14.7 Å². The first-order valence-corrected chi connectivity index (χ1v) is 10.9. The number of β-amino-alcohol motifs (C(OH)–C–C–N with tert-alkyl or cyclic N) is 1. The van der Waals surface area contributed by atoms with E-state index in [1.807, 2.05) is 43.1 Å². The van der Waals surface area contributed by atoms with Crippen LogP contribution in [0.1, 0.15) is 31.7 Å². The van der Waals surface area contributed by atoms with Crippen LogP contribution in [-0.4, -0.2) is 84.6 Å². The number of hydrogen-bond donors (Lipinski definition) is 1. The lowest BCUT2D eigenvalue weighted by molar-refractivity contribution is -0.135. The minimum Gasteiger partial charge on any atom is -0.497 e. The van der Waals surface area contributed by atoms with E-state index in [2.05, 4.69) is 4.90 Å². The van der Waals surface area contributed by atoms with Crippen molar-refractivity contribution in [3.63, 3.8) is 0 Å². The summed E-state index contributed by atoms with van der Waals surface area (Å²) in [5.74, 6) is 1.14. The normalized spacial score (nSPS) is 21.7. The summed E-state index contributed by atoms with van der Waals surface area (Å²) in [6, 6.07) is 7.69. The molecule has 2 fully saturated rings. The first-order chi connectivity index (χ1) is 14.4. The fourth-order valence-corrected chi connectivity index (χ4v) is 4.56. The van der Waals surface area contributed by atoms with Crippen molar-refractivity contribution >= 4 is 11.8 Å². The zero-order valence-corrected chi connectivity index (χ0v) is 18.4. The monoisotopic (exact) mass is 417 g/mol. The van der Waals surface area contributed by atoms with Gasteiger partial charge >= 0.3 is 0 Å². The molecule has 2 amide bonds. The van der Waals surface area contributed by atoms with Gasteiger partial charge in [-0.2, -0.15) is 0 Å². The predicted molar refractivity (Wildman–Crippen MR) is 115 cm³/mol. The summed E-state index contributed by atoms with van der Waals surface area (Å²) in [5.41, 5.74) is 1.04. The smallest absolute Gasteiger partial charge is 0.227 e. The number of rotatable bonds is 8. The van der Waals surface area contributed by atoms with E-state index in [0.717, 1.165) is 50.3 Å². The van der Waals surface area contributed by atoms with E-state index in [9.17, 15) is 14.7 Å². The predicted octanol–water partition coefficient (Wildman–Crippen LogP) is 1.59. The molecule has 2 saturated heterocycles. The Kier molecular flexibility index (Phi) is 7.72. The molecule has 0 unspecified atom stereocenters. The molecule has 3 rings (SSSR count). The Morgan fingerprint density at radius 3 is 2.53 bits per heavy atom. The lowest BCUT2D eigenvalue weighted by Crippen LogP contribution is -2.43. The van der Waals surface area contributed by atoms with E-state index >= 15 is 0 Å². The van der Waals surface area contributed by atoms with Gasteiger partial charge in [0.1, 0.15) is 5.75 Å². The summed E-state index contributed by atoms with van der Waals surface area (Å²) in [6.07, 6.45) is 2.08. The second kappa shape index (κ2) is 10.3. The summed E-state index contributed by atoms with van der Waals surface area (Å²) < 4.78 is 5.18. The molecule has 1 N–H and O–H groups in total. The summed E-state index contributed by atoms with van der Waals surface area (Å²) in [4.78, 5) is 31.3. The van der Waals surface area contributed by atoms with Crippen molar-refractivity contribution in [3.8, 4) is 5.75 Å². The zero-order valence-electron chi connectivity index (χ0n) is 18.4. The van der Waals surface area contributed by atoms with E-state index in [4.69, 9.17) is 4.74 Å². The number of piperidine rings is 1. The van der Waals surface area contributed by atoms with Crippen LogP contribution in [-0.2, 0) is 16.1 Å². The minimum atomic E-state index is -0.299. The quantitative estimate of drug-likeness (QED) is 0.696. The Balaban J connectivity index is 1.46. The second-order valence-electron chi connectivity index (χ2n) is 8.84. The summed E-state index contributed by atoms with van der Waals surface area (Å²) in [7, 11) is 3.49. The van der Waals surface area contributed by atoms with Gasteiger partial charge in [0.15, 0.2) is 0 Å². The number of carbonyl (C=O) groups is 2. The number of likely N-dealkylation sites (tertiary alicyclic amines) is 2. The molecule has 7 nitrogen and oxygen atoms in total. The number of hydrogen-bond acceptors (Lipinski definition) is 5. The highest BCUT2D eigenvalue weighted by Gasteiger charge is 2.36. The van der Waals surface area contributed by atoms with Crippen LogP contribution in [0.5, 0.6) is 5.75 Å². The molecule has 0 spiro atoms. The topological polar surface area (TPSA) is 73.3 Å². The van der Waals surface area contributed by atoms with Crippen molar-refractivity contribution in [2.75, 3.05) is 46.9 Å². The van der Waals surface area contributed by atoms with Gasteiger partial charge in [-0.25, -0.2) is 0 Å². The van der Waals surface area contributed by atoms with Gasteiger partial charge < -0.3 is 24.5 Å². The Hall–Kier alpha value is -2.12. The first-order valence-electron chi connectivity index (χ1n) is 10.9. The van der Waals surface area contributed by atoms with Gasteiger partial charge in [0.25, 0.3) is 0 Å². The molecule has 7 heteroatoms. The minimum absolute atomic E-state index is 0.0454. The van der Waals surface area contributed by atoms with Crippen LogP contribution >= 0.6 is 0 Å². The van der Waals surface area contributed by atoms with Crippen LogP contribution in [0.3, 0.4) is 0 Å². The van der Waals surface area contributed by atoms with Gasteiger partial charge in [0, 0.05) is 39.6 Å². The summed E-state index contributed by atoms with van der Waals surface area (Å²) in [5, 5.41) is 9.54. The highest BCUT2D eigenvalue weighted by Crippen LogP contribution is 2.24. The third kappa shape index (κ3) is 5.95. The number of carbonyl (C=O) groups excluding carboxylic acids is 2. The number of nitrogens with zero attached hydrogens (tertiary/aromatic N) is 3. The second-order valence-corrected chi connectivity index (χ2v) is 8.84. The molecule has 2 aliphatic rings. The molecule has 166 valence electrons. The van der Waals surface area contributed by atoms with Gasteiger partial charge in [-0.05, 0) is 56.5 Å². The maximum atomic E-state index is 12.9. The van der Waals surface area contributed by atoms with Gasteiger partial charge in [0.05, 0.1) is 19.1 Å². The molecule has 30 heavy (non-hydrogen) atoms. The average molecular weight is 418 g/mol. The number of amides is 2. The maximum absolute atomic E-state index is 12.9. The molecular weight excluding hydrogens is 382 g/mol. The van der Waals surface area contributed by atoms with E-state index in [-0.39, 0.29) is 23.8 Å². The largest absolute Gasteiger partial charge is 0.497 e. The standard InChI is InChI=1S/C23H35N3O4/c1-17(27)13-25-10-8-19(9-11-25)14-24(2)23(29)20-12-22(28)26(16-20)15-18-4-6-21(30-3)7-5-18/h4-7,17,19-20,27H,8-16H2,1-3H3/t17-,20-/m1/s1. The molecular formula is C23H35N3O4. The molecule has 0 radical (unpaired) electrons. The van der Waals surface area contributed by atoms with Gasteiger partial charge in [0.2, 0.25) is 11.8 Å². The molecule has 1 aromatic rings. The molecule has 0 aliphatic carbocycles. The van der Waals surface area contributed by atoms with Crippen LogP contribution < -0.4 is 4.74 Å². The number of benzene rings is 1. The van der Waals surface area contributed by atoms with Crippen LogP contribution in [0.25, 0.3) is 0 Å². The Labute approximate surface area is 179 Å². The van der Waals surface area contributed by atoms with Crippen molar-refractivity contribution in [2.24, 2.45) is 11.8 Å². The third-order valence-electron chi connectivity index (χ3n) is 6.23. The number of ether oxygens (including phenoxy) is 1. The van der Waals surface area contributed by atoms with Crippen LogP contribution in [0.2, 0.25) is 0 Å². The van der Waals surface area contributed by atoms with Crippen molar-refractivity contribution in [3.05, 3.63) is 29.8 Å². The summed E-state index contributed by atoms with van der Waals surface area (Å²) >= 11 is 0. The van der Waals surface area contributed by atoms with Crippen LogP contribution in [0, 0.1) is 11.8 Å². The van der Waals surface area contributed by atoms with Crippen molar-refractivity contribution in [2.45, 2.75) is 38.8 Å². The lowest BCUT2D eigenvalue weighted by atomic mass is 9.95. The molecule has 1 aromatic carbocycles. The van der Waals surface area contributed by atoms with Crippen LogP contribution in [0.4, 0.5) is 0 Å². The fraction of sp³-hybridized carbons (Fsp3) is 0.652. The SMILES string of the molecule is COc1ccc(CN2C[C@H](C(=O)N(C)CC3CCN(C[C@@H](C)O)CC3)CC2=O)cc1. The Bertz CT molecular complexity index is 714. The molecule has 2 atom stereocenters. The van der Waals surface area contributed by atoms with E-state index in [0.29, 0.717) is 25.4 Å².